The lowest BCUT2D eigenvalue weighted by molar-refractivity contribution is 0.0941. The van der Waals surface area contributed by atoms with Gasteiger partial charge in [0.15, 0.2) is 0 Å². The van der Waals surface area contributed by atoms with Crippen LogP contribution in [0.1, 0.15) is 34.5 Å². The highest BCUT2D eigenvalue weighted by atomic mass is 16.1. The van der Waals surface area contributed by atoms with Gasteiger partial charge in [0, 0.05) is 17.9 Å². The molecule has 0 saturated heterocycles. The molecule has 4 aromatic rings. The van der Waals surface area contributed by atoms with Gasteiger partial charge >= 0.3 is 0 Å². The van der Waals surface area contributed by atoms with Crippen molar-refractivity contribution >= 4 is 22.3 Å². The molecule has 0 spiro atoms. The van der Waals surface area contributed by atoms with Crippen LogP contribution < -0.4 is 5.32 Å². The maximum atomic E-state index is 12.7. The second kappa shape index (κ2) is 5.53. The molecule has 0 fully saturated rings. The predicted octanol–water partition coefficient (Wildman–Crippen LogP) is 3.62. The molecule has 3 heterocycles. The van der Waals surface area contributed by atoms with E-state index < -0.39 is 0 Å². The van der Waals surface area contributed by atoms with Gasteiger partial charge in [0.05, 0.1) is 23.3 Å². The van der Waals surface area contributed by atoms with Gasteiger partial charge in [-0.3, -0.25) is 4.79 Å². The van der Waals surface area contributed by atoms with Gasteiger partial charge in [-0.2, -0.15) is 5.10 Å². The number of nitrogens with zero attached hydrogens (tertiary/aromatic N) is 2. The lowest BCUT2D eigenvalue weighted by Crippen LogP contribution is -2.26. The van der Waals surface area contributed by atoms with E-state index in [1.807, 2.05) is 56.6 Å². The molecule has 0 aliphatic carbocycles. The first-order valence-corrected chi connectivity index (χ1v) is 7.94. The van der Waals surface area contributed by atoms with Crippen LogP contribution in [0.25, 0.3) is 16.4 Å². The molecule has 0 radical (unpaired) electrons. The molecule has 1 unspecified atom stereocenters. The van der Waals surface area contributed by atoms with Crippen molar-refractivity contribution in [3.63, 3.8) is 0 Å². The SMILES string of the molecule is Cc1cccn2ncc(C(=O)NC(C)c3ccc4[nH]ccc4c3)c12. The van der Waals surface area contributed by atoms with Gasteiger partial charge in [0.1, 0.15) is 0 Å². The molecule has 24 heavy (non-hydrogen) atoms. The number of H-pyrrole nitrogens is 1. The fourth-order valence-corrected chi connectivity index (χ4v) is 3.08. The number of nitrogens with one attached hydrogen (secondary N) is 2. The van der Waals surface area contributed by atoms with E-state index in [-0.39, 0.29) is 11.9 Å². The maximum absolute atomic E-state index is 12.7. The van der Waals surface area contributed by atoms with Crippen LogP contribution >= 0.6 is 0 Å². The van der Waals surface area contributed by atoms with E-state index in [4.69, 9.17) is 0 Å². The van der Waals surface area contributed by atoms with E-state index in [0.717, 1.165) is 27.5 Å². The monoisotopic (exact) mass is 318 g/mol. The number of aromatic amines is 1. The van der Waals surface area contributed by atoms with Crippen LogP contribution in [0.2, 0.25) is 0 Å². The third kappa shape index (κ3) is 2.34. The molecule has 0 saturated carbocycles. The number of fused-ring (bicyclic) bond motifs is 2. The van der Waals surface area contributed by atoms with Crippen LogP contribution in [-0.2, 0) is 0 Å². The first kappa shape index (κ1) is 14.5. The fourth-order valence-electron chi connectivity index (χ4n) is 3.08. The Morgan fingerprint density at radius 3 is 3.04 bits per heavy atom. The van der Waals surface area contributed by atoms with E-state index in [1.54, 1.807) is 10.7 Å². The molecule has 5 heteroatoms. The van der Waals surface area contributed by atoms with E-state index in [1.165, 1.54) is 0 Å². The Bertz CT molecular complexity index is 1040. The zero-order chi connectivity index (χ0) is 16.7. The summed E-state index contributed by atoms with van der Waals surface area (Å²) in [7, 11) is 0. The van der Waals surface area contributed by atoms with Crippen LogP contribution in [0, 0.1) is 6.92 Å². The molecule has 0 bridgehead atoms. The van der Waals surface area contributed by atoms with Crippen molar-refractivity contribution in [2.24, 2.45) is 0 Å². The van der Waals surface area contributed by atoms with Gasteiger partial charge in [-0.25, -0.2) is 4.52 Å². The van der Waals surface area contributed by atoms with Crippen molar-refractivity contribution in [2.45, 2.75) is 19.9 Å². The number of aromatic nitrogens is 3. The minimum Gasteiger partial charge on any atom is -0.361 e. The Morgan fingerprint density at radius 2 is 2.17 bits per heavy atom. The Balaban J connectivity index is 1.62. The van der Waals surface area contributed by atoms with Crippen molar-refractivity contribution in [3.05, 3.63) is 71.7 Å². The summed E-state index contributed by atoms with van der Waals surface area (Å²) in [5.74, 6) is -0.110. The number of benzene rings is 1. The molecule has 0 aliphatic rings. The maximum Gasteiger partial charge on any atom is 0.255 e. The van der Waals surface area contributed by atoms with Gasteiger partial charge in [-0.05, 0) is 54.6 Å². The molecule has 4 rings (SSSR count). The van der Waals surface area contributed by atoms with Gasteiger partial charge < -0.3 is 10.3 Å². The highest BCUT2D eigenvalue weighted by Gasteiger charge is 2.17. The number of aryl methyl sites for hydroxylation is 1. The summed E-state index contributed by atoms with van der Waals surface area (Å²) < 4.78 is 1.74. The number of carbonyl (C=O) groups excluding carboxylic acids is 1. The number of hydrogen-bond acceptors (Lipinski definition) is 2. The van der Waals surface area contributed by atoms with Crippen LogP contribution in [0.4, 0.5) is 0 Å². The average Bonchev–Trinajstić information content (AvgIpc) is 3.21. The topological polar surface area (TPSA) is 62.2 Å². The summed E-state index contributed by atoms with van der Waals surface area (Å²) >= 11 is 0. The lowest BCUT2D eigenvalue weighted by Gasteiger charge is -2.14. The summed E-state index contributed by atoms with van der Waals surface area (Å²) in [5, 5.41) is 8.48. The molecule has 1 aromatic carbocycles. The third-order valence-corrected chi connectivity index (χ3v) is 4.41. The van der Waals surface area contributed by atoms with Crippen molar-refractivity contribution in [1.29, 1.82) is 0 Å². The number of carbonyl (C=O) groups is 1. The summed E-state index contributed by atoms with van der Waals surface area (Å²) in [6.07, 6.45) is 5.39. The highest BCUT2D eigenvalue weighted by Crippen LogP contribution is 2.21. The van der Waals surface area contributed by atoms with Gasteiger partial charge in [0.25, 0.3) is 5.91 Å². The third-order valence-electron chi connectivity index (χ3n) is 4.41. The molecule has 120 valence electrons. The van der Waals surface area contributed by atoms with Crippen molar-refractivity contribution in [3.8, 4) is 0 Å². The van der Waals surface area contributed by atoms with E-state index in [2.05, 4.69) is 21.5 Å². The van der Waals surface area contributed by atoms with Crippen molar-refractivity contribution in [1.82, 2.24) is 19.9 Å². The molecule has 5 nitrogen and oxygen atoms in total. The second-order valence-corrected chi connectivity index (χ2v) is 6.06. The average molecular weight is 318 g/mol. The smallest absolute Gasteiger partial charge is 0.255 e. The Kier molecular flexibility index (Phi) is 3.34. The summed E-state index contributed by atoms with van der Waals surface area (Å²) in [5.41, 5.74) is 4.65. The highest BCUT2D eigenvalue weighted by molar-refractivity contribution is 6.01. The Morgan fingerprint density at radius 1 is 1.29 bits per heavy atom. The van der Waals surface area contributed by atoms with Crippen LogP contribution in [0.3, 0.4) is 0 Å². The molecule has 3 aromatic heterocycles. The van der Waals surface area contributed by atoms with Gasteiger partial charge in [-0.1, -0.05) is 12.1 Å². The number of rotatable bonds is 3. The summed E-state index contributed by atoms with van der Waals surface area (Å²) in [6, 6.07) is 12.0. The fraction of sp³-hybridized carbons (Fsp3) is 0.158. The van der Waals surface area contributed by atoms with Crippen LogP contribution in [0.5, 0.6) is 0 Å². The molecule has 1 amide bonds. The van der Waals surface area contributed by atoms with Crippen molar-refractivity contribution < 1.29 is 4.79 Å². The lowest BCUT2D eigenvalue weighted by atomic mass is 10.1. The molecule has 1 atom stereocenters. The normalized spacial score (nSPS) is 12.6. The molecule has 2 N–H and O–H groups in total. The summed E-state index contributed by atoms with van der Waals surface area (Å²) in [4.78, 5) is 15.9. The molecular weight excluding hydrogens is 300 g/mol. The first-order valence-electron chi connectivity index (χ1n) is 7.94. The zero-order valence-electron chi connectivity index (χ0n) is 13.6. The number of amides is 1. The van der Waals surface area contributed by atoms with E-state index in [0.29, 0.717) is 5.56 Å². The van der Waals surface area contributed by atoms with Gasteiger partial charge in [-0.15, -0.1) is 0 Å². The van der Waals surface area contributed by atoms with E-state index >= 15 is 0 Å². The molecular formula is C19H18N4O. The summed E-state index contributed by atoms with van der Waals surface area (Å²) in [6.45, 7) is 3.97. The first-order chi connectivity index (χ1) is 11.6. The quantitative estimate of drug-likeness (QED) is 0.606. The Labute approximate surface area is 139 Å². The largest absolute Gasteiger partial charge is 0.361 e. The number of pyridine rings is 1. The molecule has 0 aliphatic heterocycles. The van der Waals surface area contributed by atoms with Gasteiger partial charge in [0.2, 0.25) is 0 Å². The van der Waals surface area contributed by atoms with Crippen molar-refractivity contribution in [2.75, 3.05) is 0 Å². The van der Waals surface area contributed by atoms with Crippen LogP contribution in [-0.4, -0.2) is 20.5 Å². The van der Waals surface area contributed by atoms with E-state index in [9.17, 15) is 4.79 Å². The minimum atomic E-state index is -0.110. The minimum absolute atomic E-state index is 0.0873. The zero-order valence-corrected chi connectivity index (χ0v) is 13.6. The second-order valence-electron chi connectivity index (χ2n) is 6.06. The predicted molar refractivity (Wildman–Crippen MR) is 94.1 cm³/mol. The van der Waals surface area contributed by atoms with Crippen LogP contribution in [0.15, 0.2) is 55.0 Å². The number of hydrogen-bond donors (Lipinski definition) is 2. The Hall–Kier alpha value is -3.08. The standard InChI is InChI=1S/C19H18N4O/c1-12-4-3-9-23-18(12)16(11-21-23)19(24)22-13(2)14-5-6-17-15(10-14)7-8-20-17/h3-11,13,20H,1-2H3,(H,22,24).